The number of carbonyl (C=O) groups is 4. The minimum atomic E-state index is -0.762. The van der Waals surface area contributed by atoms with Gasteiger partial charge in [-0.15, -0.1) is 0 Å². The molecule has 7 nitrogen and oxygen atoms in total. The number of rotatable bonds is 4. The van der Waals surface area contributed by atoms with Crippen LogP contribution in [0.15, 0.2) is 48.5 Å². The number of hydrogen-bond donors (Lipinski definition) is 0. The largest absolute Gasteiger partial charge is 0.462 e. The predicted octanol–water partition coefficient (Wildman–Crippen LogP) is 3.15. The van der Waals surface area contributed by atoms with E-state index in [1.54, 1.807) is 19.1 Å². The van der Waals surface area contributed by atoms with E-state index < -0.39 is 23.8 Å². The SMILES string of the molecule is CCOC(=O)c1ccc(N2C(=O)[C@@H]3[C@H](C2=O)[C@H](C(C)=O)N2c4ccc(C)cc4C=C[C@H]32)cc1. The van der Waals surface area contributed by atoms with Gasteiger partial charge in [-0.3, -0.25) is 14.4 Å². The normalized spacial score (nSPS) is 25.1. The van der Waals surface area contributed by atoms with Crippen LogP contribution in [0.2, 0.25) is 0 Å². The molecule has 3 heterocycles. The number of hydrogen-bond acceptors (Lipinski definition) is 6. The Labute approximate surface area is 191 Å². The molecule has 2 fully saturated rings. The van der Waals surface area contributed by atoms with E-state index in [9.17, 15) is 19.2 Å². The first-order valence-corrected chi connectivity index (χ1v) is 11.1. The summed E-state index contributed by atoms with van der Waals surface area (Å²) in [5, 5.41) is 0. The fourth-order valence-electron chi connectivity index (χ4n) is 5.37. The number of amides is 2. The van der Waals surface area contributed by atoms with Crippen LogP contribution in [-0.4, -0.2) is 42.3 Å². The summed E-state index contributed by atoms with van der Waals surface area (Å²) in [6.45, 7) is 5.46. The molecule has 0 saturated carbocycles. The molecule has 0 aliphatic carbocycles. The van der Waals surface area contributed by atoms with Crippen molar-refractivity contribution in [1.29, 1.82) is 0 Å². The summed E-state index contributed by atoms with van der Waals surface area (Å²) in [6.07, 6.45) is 3.90. The van der Waals surface area contributed by atoms with Crippen molar-refractivity contribution in [3.8, 4) is 0 Å². The molecular weight excluding hydrogens is 420 g/mol. The maximum atomic E-state index is 13.6. The van der Waals surface area contributed by atoms with E-state index in [0.29, 0.717) is 11.3 Å². The van der Waals surface area contributed by atoms with Gasteiger partial charge in [-0.2, -0.15) is 0 Å². The van der Waals surface area contributed by atoms with Crippen molar-refractivity contribution < 1.29 is 23.9 Å². The number of Topliss-reactive ketones (excluding diaryl/α,β-unsaturated/α-hetero) is 1. The second kappa shape index (κ2) is 7.69. The molecule has 2 saturated heterocycles. The molecule has 2 aromatic rings. The van der Waals surface area contributed by atoms with Crippen molar-refractivity contribution in [1.82, 2.24) is 0 Å². The van der Waals surface area contributed by atoms with Crippen LogP contribution >= 0.6 is 0 Å². The molecule has 2 amide bonds. The number of benzene rings is 2. The van der Waals surface area contributed by atoms with Crippen LogP contribution in [0.3, 0.4) is 0 Å². The number of aryl methyl sites for hydroxylation is 1. The first kappa shape index (κ1) is 21.1. The van der Waals surface area contributed by atoms with Crippen LogP contribution in [0, 0.1) is 18.8 Å². The zero-order chi connectivity index (χ0) is 23.4. The van der Waals surface area contributed by atoms with Gasteiger partial charge in [0.15, 0.2) is 5.78 Å². The second-order valence-corrected chi connectivity index (χ2v) is 8.71. The third-order valence-electron chi connectivity index (χ3n) is 6.71. The molecular formula is C26H24N2O5. The van der Waals surface area contributed by atoms with Crippen LogP contribution in [0.25, 0.3) is 6.08 Å². The molecule has 7 heteroatoms. The molecule has 0 spiro atoms. The van der Waals surface area contributed by atoms with Gasteiger partial charge in [0.05, 0.1) is 35.7 Å². The van der Waals surface area contributed by atoms with E-state index in [1.165, 1.54) is 19.1 Å². The number of imide groups is 1. The van der Waals surface area contributed by atoms with Crippen molar-refractivity contribution in [2.45, 2.75) is 32.9 Å². The molecule has 0 bridgehead atoms. The number of anilines is 2. The lowest BCUT2D eigenvalue weighted by Crippen LogP contribution is -2.48. The number of carbonyl (C=O) groups excluding carboxylic acids is 4. The number of nitrogens with zero attached hydrogens (tertiary/aromatic N) is 2. The summed E-state index contributed by atoms with van der Waals surface area (Å²) in [4.78, 5) is 55.0. The van der Waals surface area contributed by atoms with Gasteiger partial charge < -0.3 is 9.64 Å². The third kappa shape index (κ3) is 3.10. The average molecular weight is 444 g/mol. The fraction of sp³-hybridized carbons (Fsp3) is 0.308. The van der Waals surface area contributed by atoms with Crippen LogP contribution in [0.5, 0.6) is 0 Å². The predicted molar refractivity (Wildman–Crippen MR) is 123 cm³/mol. The Morgan fingerprint density at radius 3 is 2.36 bits per heavy atom. The van der Waals surface area contributed by atoms with Crippen molar-refractivity contribution >= 4 is 41.0 Å². The van der Waals surface area contributed by atoms with E-state index in [-0.39, 0.29) is 30.2 Å². The van der Waals surface area contributed by atoms with Crippen molar-refractivity contribution in [2.75, 3.05) is 16.4 Å². The molecule has 0 aromatic heterocycles. The first-order valence-electron chi connectivity index (χ1n) is 11.1. The van der Waals surface area contributed by atoms with Crippen molar-refractivity contribution in [3.05, 3.63) is 65.2 Å². The van der Waals surface area contributed by atoms with Gasteiger partial charge in [0.1, 0.15) is 6.04 Å². The van der Waals surface area contributed by atoms with Crippen LogP contribution < -0.4 is 9.80 Å². The highest BCUT2D eigenvalue weighted by molar-refractivity contribution is 6.24. The summed E-state index contributed by atoms with van der Waals surface area (Å²) in [5.41, 5.74) is 3.67. The Hall–Kier alpha value is -3.74. The Balaban J connectivity index is 1.52. The Kier molecular flexibility index (Phi) is 4.92. The average Bonchev–Trinajstić information content (AvgIpc) is 3.27. The Bertz CT molecular complexity index is 1220. The first-order chi connectivity index (χ1) is 15.8. The molecule has 33 heavy (non-hydrogen) atoms. The standard InChI is InChI=1S/C26H24N2O5/c1-4-33-26(32)16-6-9-18(10-7-16)27-24(30)21-20-12-8-17-13-14(2)5-11-19(17)28(20)23(15(3)29)22(21)25(27)31/h5-13,20-23H,4H2,1-3H3/t20-,21+,22+,23+/m1/s1. The maximum absolute atomic E-state index is 13.6. The van der Waals surface area contributed by atoms with E-state index in [4.69, 9.17) is 4.74 Å². The molecule has 0 radical (unpaired) electrons. The Morgan fingerprint density at radius 2 is 1.70 bits per heavy atom. The van der Waals surface area contributed by atoms with E-state index in [1.807, 2.05) is 42.2 Å². The topological polar surface area (TPSA) is 84.0 Å². The van der Waals surface area contributed by atoms with Gasteiger partial charge in [0.25, 0.3) is 0 Å². The summed E-state index contributed by atoms with van der Waals surface area (Å²) >= 11 is 0. The third-order valence-corrected chi connectivity index (χ3v) is 6.71. The minimum absolute atomic E-state index is 0.144. The Morgan fingerprint density at radius 1 is 1.00 bits per heavy atom. The van der Waals surface area contributed by atoms with Gasteiger partial charge in [0.2, 0.25) is 11.8 Å². The van der Waals surface area contributed by atoms with E-state index in [2.05, 4.69) is 0 Å². The zero-order valence-corrected chi connectivity index (χ0v) is 18.6. The van der Waals surface area contributed by atoms with Gasteiger partial charge >= 0.3 is 5.97 Å². The lowest BCUT2D eigenvalue weighted by Gasteiger charge is -2.36. The molecule has 3 aliphatic heterocycles. The molecule has 4 atom stereocenters. The number of fused-ring (bicyclic) bond motifs is 5. The van der Waals surface area contributed by atoms with Gasteiger partial charge in [-0.1, -0.05) is 23.8 Å². The van der Waals surface area contributed by atoms with Gasteiger partial charge in [0, 0.05) is 5.69 Å². The fourth-order valence-corrected chi connectivity index (χ4v) is 5.37. The monoisotopic (exact) mass is 444 g/mol. The van der Waals surface area contributed by atoms with Gasteiger partial charge in [-0.05, 0) is 62.7 Å². The number of ketones is 1. The smallest absolute Gasteiger partial charge is 0.338 e. The van der Waals surface area contributed by atoms with Gasteiger partial charge in [-0.25, -0.2) is 9.69 Å². The molecule has 2 aromatic carbocycles. The van der Waals surface area contributed by atoms with Crippen LogP contribution in [0.4, 0.5) is 11.4 Å². The summed E-state index contributed by atoms with van der Waals surface area (Å²) < 4.78 is 4.99. The molecule has 168 valence electrons. The maximum Gasteiger partial charge on any atom is 0.338 e. The summed E-state index contributed by atoms with van der Waals surface area (Å²) in [7, 11) is 0. The minimum Gasteiger partial charge on any atom is -0.462 e. The summed E-state index contributed by atoms with van der Waals surface area (Å²) in [5.74, 6) is -2.73. The zero-order valence-electron chi connectivity index (χ0n) is 18.6. The highest BCUT2D eigenvalue weighted by Crippen LogP contribution is 2.49. The van der Waals surface area contributed by atoms with E-state index in [0.717, 1.165) is 21.7 Å². The number of ether oxygens (including phenoxy) is 1. The molecule has 0 N–H and O–H groups in total. The highest BCUT2D eigenvalue weighted by Gasteiger charge is 2.63. The molecule has 3 aliphatic rings. The van der Waals surface area contributed by atoms with Crippen molar-refractivity contribution in [3.63, 3.8) is 0 Å². The molecule has 0 unspecified atom stereocenters. The highest BCUT2D eigenvalue weighted by atomic mass is 16.5. The quantitative estimate of drug-likeness (QED) is 0.532. The lowest BCUT2D eigenvalue weighted by atomic mass is 9.88. The van der Waals surface area contributed by atoms with Crippen LogP contribution in [-0.2, 0) is 19.1 Å². The number of esters is 1. The van der Waals surface area contributed by atoms with E-state index >= 15 is 0 Å². The lowest BCUT2D eigenvalue weighted by molar-refractivity contribution is -0.126. The molecule has 5 rings (SSSR count). The second-order valence-electron chi connectivity index (χ2n) is 8.71. The van der Waals surface area contributed by atoms with Crippen LogP contribution in [0.1, 0.15) is 35.3 Å². The van der Waals surface area contributed by atoms with Crippen molar-refractivity contribution in [2.24, 2.45) is 11.8 Å². The summed E-state index contributed by atoms with van der Waals surface area (Å²) in [6, 6.07) is 11.1.